The Kier molecular flexibility index (Phi) is 14.3. The normalized spacial score (nSPS) is 12.8. The number of unbranched alkanes of at least 4 members (excludes halogenated alkanes) is 6. The van der Waals surface area contributed by atoms with E-state index in [1.807, 2.05) is 6.08 Å². The third kappa shape index (κ3) is 12.7. The van der Waals surface area contributed by atoms with E-state index in [-0.39, 0.29) is 0 Å². The van der Waals surface area contributed by atoms with Gasteiger partial charge in [0.05, 0.1) is 0 Å². The van der Waals surface area contributed by atoms with E-state index in [9.17, 15) is 0 Å². The van der Waals surface area contributed by atoms with Crippen molar-refractivity contribution in [2.24, 2.45) is 0 Å². The van der Waals surface area contributed by atoms with Crippen LogP contribution in [-0.2, 0) is 0 Å². The van der Waals surface area contributed by atoms with Gasteiger partial charge in [0.15, 0.2) is 0 Å². The number of halogens is 1. The summed E-state index contributed by atoms with van der Waals surface area (Å²) in [5.74, 6) is 0. The predicted molar refractivity (Wildman–Crippen MR) is 97.9 cm³/mol. The Morgan fingerprint density at radius 3 is 2.00 bits per heavy atom. The minimum atomic E-state index is 1.20. The van der Waals surface area contributed by atoms with Crippen LogP contribution >= 0.6 is 22.6 Å². The molecule has 0 bridgehead atoms. The van der Waals surface area contributed by atoms with E-state index in [2.05, 4.69) is 55.2 Å². The maximum atomic E-state index is 3.83. The highest BCUT2D eigenvalue weighted by molar-refractivity contribution is 14.1. The molecule has 0 fully saturated rings. The summed E-state index contributed by atoms with van der Waals surface area (Å²) in [7, 11) is 0. The summed E-state index contributed by atoms with van der Waals surface area (Å²) in [6.07, 6.45) is 19.6. The molecule has 0 rings (SSSR count). The average Bonchev–Trinajstić information content (AvgIpc) is 2.40. The van der Waals surface area contributed by atoms with Crippen LogP contribution in [0.1, 0.15) is 78.1 Å². The Bertz CT molecular complexity index is 273. The van der Waals surface area contributed by atoms with Crippen molar-refractivity contribution in [2.75, 3.05) is 0 Å². The van der Waals surface area contributed by atoms with Gasteiger partial charge in [-0.05, 0) is 63.5 Å². The van der Waals surface area contributed by atoms with Crippen molar-refractivity contribution in [3.05, 3.63) is 34.0 Å². The van der Waals surface area contributed by atoms with E-state index in [0.29, 0.717) is 0 Å². The molecule has 0 saturated carbocycles. The Balaban J connectivity index is 4.08. The molecule has 0 atom stereocenters. The molecule has 0 aromatic carbocycles. The quantitative estimate of drug-likeness (QED) is 0.190. The van der Waals surface area contributed by atoms with Crippen molar-refractivity contribution in [2.45, 2.75) is 78.1 Å². The van der Waals surface area contributed by atoms with Gasteiger partial charge < -0.3 is 0 Å². The van der Waals surface area contributed by atoms with Crippen molar-refractivity contribution in [3.8, 4) is 0 Å². The molecular weight excluding hydrogens is 343 g/mol. The van der Waals surface area contributed by atoms with Crippen LogP contribution < -0.4 is 0 Å². The van der Waals surface area contributed by atoms with Crippen molar-refractivity contribution < 1.29 is 0 Å². The maximum absolute atomic E-state index is 3.83. The Hall–Kier alpha value is -0.0500. The van der Waals surface area contributed by atoms with Crippen molar-refractivity contribution in [1.82, 2.24) is 0 Å². The van der Waals surface area contributed by atoms with Gasteiger partial charge in [-0.15, -0.1) is 0 Å². The van der Waals surface area contributed by atoms with E-state index in [4.69, 9.17) is 0 Å². The van der Waals surface area contributed by atoms with E-state index in [0.717, 1.165) is 0 Å². The molecule has 0 amide bonds. The first-order chi connectivity index (χ1) is 9.24. The topological polar surface area (TPSA) is 0 Å². The summed E-state index contributed by atoms with van der Waals surface area (Å²) < 4.78 is 1.50. The van der Waals surface area contributed by atoms with Gasteiger partial charge in [0.25, 0.3) is 0 Å². The van der Waals surface area contributed by atoms with Crippen molar-refractivity contribution in [1.29, 1.82) is 0 Å². The molecule has 0 unspecified atom stereocenters. The van der Waals surface area contributed by atoms with Crippen LogP contribution in [0.4, 0.5) is 0 Å². The molecule has 0 aromatic rings. The smallest absolute Gasteiger partial charge is 0.00913 e. The molecule has 0 N–H and O–H groups in total. The van der Waals surface area contributed by atoms with Gasteiger partial charge in [-0.25, -0.2) is 0 Å². The zero-order chi connectivity index (χ0) is 14.3. The molecule has 0 heterocycles. The van der Waals surface area contributed by atoms with Gasteiger partial charge in [0.2, 0.25) is 0 Å². The van der Waals surface area contributed by atoms with Gasteiger partial charge in [-0.3, -0.25) is 0 Å². The van der Waals surface area contributed by atoms with Crippen LogP contribution in [0.15, 0.2) is 34.0 Å². The summed E-state index contributed by atoms with van der Waals surface area (Å²) in [4.78, 5) is 0. The van der Waals surface area contributed by atoms with E-state index >= 15 is 0 Å². The summed E-state index contributed by atoms with van der Waals surface area (Å²) >= 11 is 2.50. The van der Waals surface area contributed by atoms with Crippen LogP contribution in [0, 0.1) is 0 Å². The Labute approximate surface area is 134 Å². The monoisotopic (exact) mass is 374 g/mol. The number of rotatable bonds is 12. The molecule has 110 valence electrons. The van der Waals surface area contributed by atoms with Gasteiger partial charge in [-0.1, -0.05) is 71.1 Å². The first-order valence-corrected chi connectivity index (χ1v) is 9.00. The van der Waals surface area contributed by atoms with Crippen LogP contribution in [0.3, 0.4) is 0 Å². The highest BCUT2D eigenvalue weighted by Gasteiger charge is 1.98. The molecule has 0 aliphatic heterocycles. The summed E-state index contributed by atoms with van der Waals surface area (Å²) in [6.45, 7) is 8.36. The third-order valence-electron chi connectivity index (χ3n) is 3.26. The average molecular weight is 374 g/mol. The maximum Gasteiger partial charge on any atom is -0.00913 e. The first-order valence-electron chi connectivity index (χ1n) is 7.92. The van der Waals surface area contributed by atoms with E-state index in [1.165, 1.54) is 73.4 Å². The second-order valence-corrected chi connectivity index (χ2v) is 6.58. The fourth-order valence-electron chi connectivity index (χ4n) is 2.10. The second kappa shape index (κ2) is 14.4. The molecule has 1 heteroatoms. The second-order valence-electron chi connectivity index (χ2n) is 5.19. The molecule has 0 aliphatic carbocycles. The number of allylic oxidation sites excluding steroid dienone is 5. The Morgan fingerprint density at radius 1 is 0.895 bits per heavy atom. The minimum absolute atomic E-state index is 1.20. The highest BCUT2D eigenvalue weighted by Crippen LogP contribution is 2.21. The zero-order valence-corrected chi connectivity index (χ0v) is 15.0. The van der Waals surface area contributed by atoms with Crippen LogP contribution in [0.5, 0.6) is 0 Å². The molecule has 19 heavy (non-hydrogen) atoms. The molecular formula is C18H31I. The predicted octanol–water partition coefficient (Wildman–Crippen LogP) is 7.36. The molecule has 0 radical (unpaired) electrons. The van der Waals surface area contributed by atoms with Crippen LogP contribution in [0.2, 0.25) is 0 Å². The molecule has 0 saturated heterocycles. The molecule has 0 aromatic heterocycles. The van der Waals surface area contributed by atoms with Crippen LogP contribution in [-0.4, -0.2) is 0 Å². The SMILES string of the molecule is C=CC=C(C=C(I)CCCCCC)CCCCCC. The molecule has 0 aliphatic rings. The van der Waals surface area contributed by atoms with Gasteiger partial charge >= 0.3 is 0 Å². The number of hydrogen-bond acceptors (Lipinski definition) is 0. The third-order valence-corrected chi connectivity index (χ3v) is 4.11. The Morgan fingerprint density at radius 2 is 1.47 bits per heavy atom. The lowest BCUT2D eigenvalue weighted by molar-refractivity contribution is 0.665. The summed E-state index contributed by atoms with van der Waals surface area (Å²) in [6, 6.07) is 0. The minimum Gasteiger partial charge on any atom is -0.0991 e. The van der Waals surface area contributed by atoms with Crippen molar-refractivity contribution in [3.63, 3.8) is 0 Å². The summed E-state index contributed by atoms with van der Waals surface area (Å²) in [5, 5.41) is 0. The fraction of sp³-hybridized carbons (Fsp3) is 0.667. The highest BCUT2D eigenvalue weighted by atomic mass is 127. The standard InChI is InChI=1S/C18H31I/c1-4-7-9-11-14-17(13-6-3)16-18(19)15-12-10-8-5-2/h6,13,16H,3-5,7-12,14-15H2,1-2H3. The fourth-order valence-corrected chi connectivity index (χ4v) is 2.89. The van der Waals surface area contributed by atoms with E-state index < -0.39 is 0 Å². The van der Waals surface area contributed by atoms with Crippen LogP contribution in [0.25, 0.3) is 0 Å². The first kappa shape index (κ1) is 18.9. The largest absolute Gasteiger partial charge is 0.0991 e. The molecule has 0 spiro atoms. The van der Waals surface area contributed by atoms with E-state index in [1.54, 1.807) is 0 Å². The van der Waals surface area contributed by atoms with Gasteiger partial charge in [-0.2, -0.15) is 0 Å². The van der Waals surface area contributed by atoms with Gasteiger partial charge in [0.1, 0.15) is 0 Å². The lowest BCUT2D eigenvalue weighted by Gasteiger charge is -2.04. The lowest BCUT2D eigenvalue weighted by atomic mass is 10.0. The lowest BCUT2D eigenvalue weighted by Crippen LogP contribution is -1.84. The zero-order valence-electron chi connectivity index (χ0n) is 12.9. The van der Waals surface area contributed by atoms with Gasteiger partial charge in [0, 0.05) is 0 Å². The number of hydrogen-bond donors (Lipinski definition) is 0. The van der Waals surface area contributed by atoms with Crippen molar-refractivity contribution >= 4 is 22.6 Å². The summed E-state index contributed by atoms with van der Waals surface area (Å²) in [5.41, 5.74) is 1.45. The molecule has 0 nitrogen and oxygen atoms in total.